The number of carboxylic acid groups (broad SMARTS) is 1. The molecule has 2 fully saturated rings. The van der Waals surface area contributed by atoms with Gasteiger partial charge in [0.2, 0.25) is 23.8 Å². The van der Waals surface area contributed by atoms with Gasteiger partial charge in [0.1, 0.15) is 12.6 Å². The first-order valence-electron chi connectivity index (χ1n) is 17.2. The molecule has 2 aliphatic heterocycles. The standard InChI is InChI=1S/C32H51N11O7/c1-4-14-47-18-20-50-21-19-48-15-7-34-30-35-31(37-32(36-30)42-12-16-49-17-13-42)41-10-8-40(9-11-41)29(46)27(5-6-28(44)45)43-23-26(38-39-43)25(33)22-24(2)3/h1,23-25,27H,5-22,33H2,2-3H3,(H,44,45)(H,34,35,36,37)/t25?,27-/m0/s1. The third-order valence-corrected chi connectivity index (χ3v) is 8.11. The summed E-state index contributed by atoms with van der Waals surface area (Å²) in [6.07, 6.45) is 7.43. The number of morpholine rings is 1. The molecule has 18 nitrogen and oxygen atoms in total. The van der Waals surface area contributed by atoms with Crippen molar-refractivity contribution in [2.24, 2.45) is 11.7 Å². The summed E-state index contributed by atoms with van der Waals surface area (Å²) in [4.78, 5) is 45.2. The molecular formula is C32H51N11O7. The summed E-state index contributed by atoms with van der Waals surface area (Å²) in [5.74, 6) is 3.04. The van der Waals surface area contributed by atoms with Gasteiger partial charge in [-0.15, -0.1) is 11.5 Å². The van der Waals surface area contributed by atoms with Crippen LogP contribution >= 0.6 is 0 Å². The molecule has 4 heterocycles. The lowest BCUT2D eigenvalue weighted by Crippen LogP contribution is -2.51. The van der Waals surface area contributed by atoms with E-state index >= 15 is 0 Å². The van der Waals surface area contributed by atoms with Crippen LogP contribution in [0.1, 0.15) is 50.9 Å². The highest BCUT2D eigenvalue weighted by Gasteiger charge is 2.32. The van der Waals surface area contributed by atoms with Crippen LogP contribution in [0.15, 0.2) is 6.20 Å². The number of rotatable bonds is 21. The van der Waals surface area contributed by atoms with Crippen LogP contribution in [0.25, 0.3) is 0 Å². The summed E-state index contributed by atoms with van der Waals surface area (Å²) in [7, 11) is 0. The van der Waals surface area contributed by atoms with Crippen LogP contribution in [0, 0.1) is 18.3 Å². The lowest BCUT2D eigenvalue weighted by Gasteiger charge is -2.36. The third kappa shape index (κ3) is 12.3. The number of carbonyl (C=O) groups excluding carboxylic acids is 1. The minimum absolute atomic E-state index is 0.0842. The first-order valence-corrected chi connectivity index (χ1v) is 17.2. The number of aliphatic carboxylic acids is 1. The summed E-state index contributed by atoms with van der Waals surface area (Å²) in [5, 5.41) is 21.0. The van der Waals surface area contributed by atoms with Crippen molar-refractivity contribution in [3.05, 3.63) is 11.9 Å². The number of amides is 1. The molecule has 0 saturated carbocycles. The molecule has 2 aliphatic rings. The van der Waals surface area contributed by atoms with Crippen molar-refractivity contribution in [3.8, 4) is 12.3 Å². The summed E-state index contributed by atoms with van der Waals surface area (Å²) in [5.41, 5.74) is 6.88. The number of piperazine rings is 1. The van der Waals surface area contributed by atoms with Crippen LogP contribution in [0.2, 0.25) is 0 Å². The maximum absolute atomic E-state index is 13.8. The molecule has 2 saturated heterocycles. The van der Waals surface area contributed by atoms with Gasteiger partial charge < -0.3 is 49.8 Å². The Morgan fingerprint density at radius 3 is 2.26 bits per heavy atom. The van der Waals surface area contributed by atoms with E-state index in [9.17, 15) is 14.7 Å². The van der Waals surface area contributed by atoms with E-state index in [1.165, 1.54) is 4.68 Å². The largest absolute Gasteiger partial charge is 0.481 e. The van der Waals surface area contributed by atoms with Crippen molar-refractivity contribution in [2.75, 3.05) is 114 Å². The summed E-state index contributed by atoms with van der Waals surface area (Å²) >= 11 is 0. The molecule has 0 aromatic carbocycles. The fourth-order valence-corrected chi connectivity index (χ4v) is 5.49. The molecule has 2 atom stereocenters. The molecule has 0 spiro atoms. The number of hydrogen-bond donors (Lipinski definition) is 3. The second-order valence-electron chi connectivity index (χ2n) is 12.4. The molecule has 4 N–H and O–H groups in total. The number of anilines is 3. The highest BCUT2D eigenvalue weighted by atomic mass is 16.5. The van der Waals surface area contributed by atoms with Crippen molar-refractivity contribution in [1.82, 2.24) is 34.8 Å². The molecule has 0 radical (unpaired) electrons. The van der Waals surface area contributed by atoms with E-state index in [-0.39, 0.29) is 31.4 Å². The number of carbonyl (C=O) groups is 2. The minimum atomic E-state index is -0.987. The van der Waals surface area contributed by atoms with Gasteiger partial charge in [-0.25, -0.2) is 4.68 Å². The molecule has 18 heteroatoms. The van der Waals surface area contributed by atoms with E-state index in [1.54, 1.807) is 11.1 Å². The zero-order valence-corrected chi connectivity index (χ0v) is 29.1. The van der Waals surface area contributed by atoms with Crippen molar-refractivity contribution >= 4 is 29.7 Å². The Bertz CT molecular complexity index is 1370. The second-order valence-corrected chi connectivity index (χ2v) is 12.4. The van der Waals surface area contributed by atoms with Crippen molar-refractivity contribution in [3.63, 3.8) is 0 Å². The molecule has 2 aromatic heterocycles. The van der Waals surface area contributed by atoms with E-state index in [2.05, 4.69) is 45.3 Å². The Morgan fingerprint density at radius 1 is 0.980 bits per heavy atom. The van der Waals surface area contributed by atoms with Crippen LogP contribution in [0.5, 0.6) is 0 Å². The van der Waals surface area contributed by atoms with Crippen LogP contribution in [-0.4, -0.2) is 150 Å². The van der Waals surface area contributed by atoms with Gasteiger partial charge >= 0.3 is 5.97 Å². The zero-order valence-electron chi connectivity index (χ0n) is 29.1. The van der Waals surface area contributed by atoms with E-state index in [0.29, 0.717) is 128 Å². The van der Waals surface area contributed by atoms with Gasteiger partial charge in [-0.3, -0.25) is 9.59 Å². The Labute approximate surface area is 293 Å². The van der Waals surface area contributed by atoms with E-state index < -0.39 is 12.0 Å². The highest BCUT2D eigenvalue weighted by molar-refractivity contribution is 5.81. The van der Waals surface area contributed by atoms with Crippen molar-refractivity contribution in [1.29, 1.82) is 0 Å². The van der Waals surface area contributed by atoms with Crippen LogP contribution in [0.3, 0.4) is 0 Å². The Balaban J connectivity index is 1.35. The molecular weight excluding hydrogens is 650 g/mol. The molecule has 50 heavy (non-hydrogen) atoms. The van der Waals surface area contributed by atoms with Crippen LogP contribution in [0.4, 0.5) is 17.8 Å². The Morgan fingerprint density at radius 2 is 1.62 bits per heavy atom. The van der Waals surface area contributed by atoms with Gasteiger partial charge in [0, 0.05) is 52.2 Å². The average Bonchev–Trinajstić information content (AvgIpc) is 3.61. The molecule has 276 valence electrons. The molecule has 0 bridgehead atoms. The SMILES string of the molecule is C#CCOCCOCCOCCNc1nc(N2CCOCC2)nc(N2CCN(C(=O)[C@H](CCC(=O)O)n3cc(C(N)CC(C)C)nn3)CC2)n1. The number of carboxylic acids is 1. The fourth-order valence-electron chi connectivity index (χ4n) is 5.49. The number of terminal acetylenes is 1. The number of nitrogens with two attached hydrogens (primary N) is 1. The summed E-state index contributed by atoms with van der Waals surface area (Å²) < 4.78 is 23.3. The van der Waals surface area contributed by atoms with Gasteiger partial charge in [-0.2, -0.15) is 15.0 Å². The monoisotopic (exact) mass is 701 g/mol. The zero-order chi connectivity index (χ0) is 35.7. The number of nitrogens with one attached hydrogen (secondary N) is 1. The van der Waals surface area contributed by atoms with Gasteiger partial charge in [0.25, 0.3) is 0 Å². The predicted molar refractivity (Wildman–Crippen MR) is 184 cm³/mol. The number of aromatic nitrogens is 6. The highest BCUT2D eigenvalue weighted by Crippen LogP contribution is 2.23. The maximum atomic E-state index is 13.8. The smallest absolute Gasteiger partial charge is 0.303 e. The van der Waals surface area contributed by atoms with Crippen molar-refractivity contribution in [2.45, 2.75) is 45.2 Å². The van der Waals surface area contributed by atoms with Gasteiger partial charge in [0.05, 0.1) is 64.2 Å². The molecule has 4 rings (SSSR count). The fraction of sp³-hybridized carbons (Fsp3) is 0.719. The van der Waals surface area contributed by atoms with Gasteiger partial charge in [0.15, 0.2) is 0 Å². The van der Waals surface area contributed by atoms with Crippen LogP contribution < -0.4 is 20.9 Å². The lowest BCUT2D eigenvalue weighted by molar-refractivity contribution is -0.138. The first kappa shape index (κ1) is 38.6. The third-order valence-electron chi connectivity index (χ3n) is 8.11. The summed E-state index contributed by atoms with van der Waals surface area (Å²) in [6.45, 7) is 11.3. The minimum Gasteiger partial charge on any atom is -0.481 e. The van der Waals surface area contributed by atoms with E-state index in [4.69, 9.17) is 41.1 Å². The van der Waals surface area contributed by atoms with Crippen LogP contribution in [-0.2, 0) is 28.5 Å². The molecule has 2 aromatic rings. The Kier molecular flexibility index (Phi) is 15.9. The lowest BCUT2D eigenvalue weighted by atomic mass is 10.0. The Hall–Kier alpha value is -4.15. The summed E-state index contributed by atoms with van der Waals surface area (Å²) in [6, 6.07) is -1.14. The predicted octanol–water partition coefficient (Wildman–Crippen LogP) is 0.195. The topological polar surface area (TPSA) is 208 Å². The number of ether oxygens (including phenoxy) is 4. The second kappa shape index (κ2) is 20.5. The van der Waals surface area contributed by atoms with E-state index in [1.807, 2.05) is 4.90 Å². The normalized spacial score (nSPS) is 16.3. The van der Waals surface area contributed by atoms with E-state index in [0.717, 1.165) is 0 Å². The van der Waals surface area contributed by atoms with Gasteiger partial charge in [-0.05, 0) is 18.8 Å². The first-order chi connectivity index (χ1) is 24.2. The average molecular weight is 702 g/mol. The molecule has 0 aliphatic carbocycles. The maximum Gasteiger partial charge on any atom is 0.303 e. The van der Waals surface area contributed by atoms with Gasteiger partial charge in [-0.1, -0.05) is 25.0 Å². The number of nitrogens with zero attached hydrogens (tertiary/aromatic N) is 9. The molecule has 1 unspecified atom stereocenters. The molecule has 1 amide bonds. The quantitative estimate of drug-likeness (QED) is 0.117. The van der Waals surface area contributed by atoms with Crippen molar-refractivity contribution < 1.29 is 33.6 Å². The number of hydrogen-bond acceptors (Lipinski definition) is 15.